The fourth-order valence-electron chi connectivity index (χ4n) is 2.28. The minimum absolute atomic E-state index is 0.157. The zero-order chi connectivity index (χ0) is 20.4. The number of rotatable bonds is 0. The molecule has 0 radical (unpaired) electrons. The van der Waals surface area contributed by atoms with Crippen LogP contribution in [0.15, 0.2) is 12.2 Å². The first-order valence-corrected chi connectivity index (χ1v) is 11.1. The maximum atomic E-state index is 12.3. The van der Waals surface area contributed by atoms with Crippen molar-refractivity contribution in [1.82, 2.24) is 21.3 Å². The van der Waals surface area contributed by atoms with Crippen LogP contribution in [0.1, 0.15) is 12.8 Å². The first-order valence-electron chi connectivity index (χ1n) is 8.65. The molecule has 0 saturated carbocycles. The summed E-state index contributed by atoms with van der Waals surface area (Å²) in [5, 5.41) is 9.78. The van der Waals surface area contributed by atoms with Gasteiger partial charge in [-0.15, -0.1) is 0 Å². The van der Waals surface area contributed by atoms with Gasteiger partial charge in [0, 0.05) is 11.5 Å². The molecule has 0 aromatic heterocycles. The lowest BCUT2D eigenvalue weighted by atomic mass is 10.2. The SMILES string of the molecule is O=C1CNC(=O)[C@H]2CSSCC/C=C/[C@H](CC(=O)NCC(=O)N2)OC(=O)CN1. The number of nitrogens with one attached hydrogen (secondary N) is 4. The van der Waals surface area contributed by atoms with E-state index in [1.54, 1.807) is 6.08 Å². The monoisotopic (exact) mass is 430 g/mol. The average molecular weight is 431 g/mol. The van der Waals surface area contributed by atoms with Gasteiger partial charge in [0.15, 0.2) is 0 Å². The van der Waals surface area contributed by atoms with E-state index in [0.29, 0.717) is 12.2 Å². The Morgan fingerprint density at radius 2 is 1.64 bits per heavy atom. The van der Waals surface area contributed by atoms with Crippen molar-refractivity contribution in [2.24, 2.45) is 0 Å². The quantitative estimate of drug-likeness (QED) is 0.206. The Kier molecular flexibility index (Phi) is 9.14. The smallest absolute Gasteiger partial charge is 0.326 e. The summed E-state index contributed by atoms with van der Waals surface area (Å²) in [7, 11) is 2.94. The van der Waals surface area contributed by atoms with Gasteiger partial charge in [0.1, 0.15) is 18.7 Å². The molecule has 2 bridgehead atoms. The summed E-state index contributed by atoms with van der Waals surface area (Å²) in [6, 6.07) is -0.860. The molecule has 0 aromatic carbocycles. The highest BCUT2D eigenvalue weighted by atomic mass is 33.1. The Labute approximate surface area is 169 Å². The summed E-state index contributed by atoms with van der Waals surface area (Å²) < 4.78 is 5.23. The number of ether oxygens (including phenoxy) is 1. The average Bonchev–Trinajstić information content (AvgIpc) is 2.66. The second-order valence-electron chi connectivity index (χ2n) is 5.95. The van der Waals surface area contributed by atoms with Crippen molar-refractivity contribution < 1.29 is 28.7 Å². The number of esters is 1. The topological polar surface area (TPSA) is 143 Å². The Morgan fingerprint density at radius 3 is 2.46 bits per heavy atom. The summed E-state index contributed by atoms with van der Waals surface area (Å²) in [6.45, 7) is -1.03. The highest BCUT2D eigenvalue weighted by Crippen LogP contribution is 2.23. The molecule has 0 aliphatic carbocycles. The molecule has 1 saturated heterocycles. The van der Waals surface area contributed by atoms with Crippen LogP contribution >= 0.6 is 21.6 Å². The molecule has 2 aliphatic heterocycles. The Hall–Kier alpha value is -2.21. The van der Waals surface area contributed by atoms with Gasteiger partial charge in [-0.25, -0.2) is 0 Å². The summed E-state index contributed by atoms with van der Waals surface area (Å²) in [4.78, 5) is 60.3. The summed E-state index contributed by atoms with van der Waals surface area (Å²) >= 11 is 0. The molecule has 0 aromatic rings. The zero-order valence-corrected chi connectivity index (χ0v) is 16.7. The van der Waals surface area contributed by atoms with E-state index < -0.39 is 41.7 Å². The van der Waals surface area contributed by atoms with E-state index in [2.05, 4.69) is 21.3 Å². The van der Waals surface area contributed by atoms with Crippen molar-refractivity contribution in [1.29, 1.82) is 0 Å². The maximum absolute atomic E-state index is 12.3. The minimum atomic E-state index is -0.860. The van der Waals surface area contributed by atoms with Gasteiger partial charge >= 0.3 is 5.97 Å². The number of hydrogen-bond donors (Lipinski definition) is 4. The molecule has 2 aliphatic rings. The summed E-state index contributed by atoms with van der Waals surface area (Å²) in [5.41, 5.74) is 0. The normalized spacial score (nSPS) is 27.4. The van der Waals surface area contributed by atoms with E-state index in [4.69, 9.17) is 4.74 Å². The third kappa shape index (κ3) is 8.21. The Bertz CT molecular complexity index is 657. The van der Waals surface area contributed by atoms with Crippen LogP contribution in [0.25, 0.3) is 0 Å². The summed E-state index contributed by atoms with van der Waals surface area (Å²) in [5.74, 6) is -1.79. The van der Waals surface area contributed by atoms with Crippen molar-refractivity contribution in [3.05, 3.63) is 12.2 Å². The predicted molar refractivity (Wildman–Crippen MR) is 104 cm³/mol. The number of allylic oxidation sites excluding steroid dienone is 1. The van der Waals surface area contributed by atoms with Gasteiger partial charge in [-0.1, -0.05) is 27.7 Å². The highest BCUT2D eigenvalue weighted by molar-refractivity contribution is 8.76. The molecule has 0 unspecified atom stereocenters. The fraction of sp³-hybridized carbons (Fsp3) is 0.562. The second kappa shape index (κ2) is 11.6. The Morgan fingerprint density at radius 1 is 0.893 bits per heavy atom. The molecule has 4 N–H and O–H groups in total. The van der Waals surface area contributed by atoms with Crippen LogP contribution in [0.3, 0.4) is 0 Å². The zero-order valence-electron chi connectivity index (χ0n) is 15.0. The summed E-state index contributed by atoms with van der Waals surface area (Å²) in [6.07, 6.45) is 3.14. The van der Waals surface area contributed by atoms with Crippen LogP contribution < -0.4 is 21.3 Å². The van der Waals surface area contributed by atoms with Crippen LogP contribution in [-0.4, -0.2) is 72.9 Å². The molecule has 1 fully saturated rings. The molecule has 28 heavy (non-hydrogen) atoms. The molecule has 2 heterocycles. The van der Waals surface area contributed by atoms with Gasteiger partial charge in [-0.3, -0.25) is 24.0 Å². The van der Waals surface area contributed by atoms with Crippen LogP contribution in [0.4, 0.5) is 0 Å². The number of fused-ring (bicyclic) bond motifs is 7. The molecular weight excluding hydrogens is 408 g/mol. The van der Waals surface area contributed by atoms with Crippen LogP contribution in [0.5, 0.6) is 0 Å². The van der Waals surface area contributed by atoms with Crippen molar-refractivity contribution in [2.75, 3.05) is 31.1 Å². The first kappa shape index (κ1) is 22.1. The van der Waals surface area contributed by atoms with E-state index in [1.807, 2.05) is 6.08 Å². The van der Waals surface area contributed by atoms with Gasteiger partial charge in [0.25, 0.3) is 0 Å². The van der Waals surface area contributed by atoms with Crippen molar-refractivity contribution in [2.45, 2.75) is 25.0 Å². The molecule has 154 valence electrons. The molecule has 10 nitrogen and oxygen atoms in total. The van der Waals surface area contributed by atoms with E-state index >= 15 is 0 Å². The van der Waals surface area contributed by atoms with Gasteiger partial charge in [-0.05, 0) is 12.5 Å². The number of carbonyl (C=O) groups is 5. The lowest BCUT2D eigenvalue weighted by Gasteiger charge is -2.19. The number of amides is 4. The third-order valence-corrected chi connectivity index (χ3v) is 6.10. The second-order valence-corrected chi connectivity index (χ2v) is 8.57. The third-order valence-electron chi connectivity index (χ3n) is 3.66. The van der Waals surface area contributed by atoms with Crippen LogP contribution in [0.2, 0.25) is 0 Å². The first-order chi connectivity index (χ1) is 13.4. The fourth-order valence-corrected chi connectivity index (χ4v) is 4.44. The molecular formula is C16H22N4O6S2. The van der Waals surface area contributed by atoms with E-state index in [0.717, 1.165) is 5.75 Å². The van der Waals surface area contributed by atoms with E-state index in [9.17, 15) is 24.0 Å². The predicted octanol–water partition coefficient (Wildman–Crippen LogP) is -1.52. The van der Waals surface area contributed by atoms with Gasteiger partial charge in [0.05, 0.1) is 19.5 Å². The molecule has 2 atom stereocenters. The van der Waals surface area contributed by atoms with E-state index in [1.165, 1.54) is 21.6 Å². The largest absolute Gasteiger partial charge is 0.456 e. The molecule has 2 rings (SSSR count). The van der Waals surface area contributed by atoms with E-state index in [-0.39, 0.29) is 26.1 Å². The van der Waals surface area contributed by atoms with Gasteiger partial charge < -0.3 is 26.0 Å². The van der Waals surface area contributed by atoms with Gasteiger partial charge in [0.2, 0.25) is 23.6 Å². The van der Waals surface area contributed by atoms with Crippen LogP contribution in [0, 0.1) is 0 Å². The van der Waals surface area contributed by atoms with Gasteiger partial charge in [-0.2, -0.15) is 0 Å². The number of carbonyl (C=O) groups excluding carboxylic acids is 5. The van der Waals surface area contributed by atoms with Crippen molar-refractivity contribution >= 4 is 51.2 Å². The molecule has 0 spiro atoms. The lowest BCUT2D eigenvalue weighted by molar-refractivity contribution is -0.148. The van der Waals surface area contributed by atoms with Crippen molar-refractivity contribution in [3.8, 4) is 0 Å². The number of hydrogen-bond acceptors (Lipinski definition) is 8. The minimum Gasteiger partial charge on any atom is -0.456 e. The lowest BCUT2D eigenvalue weighted by Crippen LogP contribution is -2.52. The van der Waals surface area contributed by atoms with Crippen molar-refractivity contribution in [3.63, 3.8) is 0 Å². The highest BCUT2D eigenvalue weighted by Gasteiger charge is 2.23. The van der Waals surface area contributed by atoms with Crippen LogP contribution in [-0.2, 0) is 28.7 Å². The molecule has 12 heteroatoms. The Balaban J connectivity index is 2.23. The standard InChI is InChI=1S/C16H22N4O6S2/c21-12-5-10-3-1-2-4-27-28-9-11(20-14(23)7-17-12)16(25)19-6-13(22)18-8-15(24)26-10/h1,3,10-11H,2,4-9H2,(H,17,21)(H,18,22)(H,19,25)(H,20,23)/b3-1+/t10-,11-/m1/s1. The maximum Gasteiger partial charge on any atom is 0.326 e. The molecule has 4 amide bonds.